The third kappa shape index (κ3) is 6.03. The SMILES string of the molecule is CC(=O)OC[C@@H]1NC(=O)c2coc(n2)-c2coc(n2)-c2coc(n2)[C@H](COC(C)=O)NC(=O)c2coc(n2)-c2coc(n2)-c2coc1n2. The molecule has 0 saturated carbocycles. The van der Waals surface area contributed by atoms with Crippen molar-refractivity contribution in [1.82, 2.24) is 40.5 Å². The number of fused-ring (bicyclic) bond motifs is 16. The summed E-state index contributed by atoms with van der Waals surface area (Å²) in [5.41, 5.74) is 0.128. The second kappa shape index (κ2) is 12.2. The summed E-state index contributed by atoms with van der Waals surface area (Å²) in [4.78, 5) is 75.0. The number of oxazole rings is 6. The Morgan fingerprint density at radius 1 is 0.542 bits per heavy atom. The Morgan fingerprint density at radius 2 is 0.854 bits per heavy atom. The molecule has 2 N–H and O–H groups in total. The second-order valence-corrected chi connectivity index (χ2v) is 9.95. The van der Waals surface area contributed by atoms with E-state index in [9.17, 15) is 19.2 Å². The molecule has 7 rings (SSSR count). The molecule has 0 aromatic carbocycles. The van der Waals surface area contributed by atoms with E-state index >= 15 is 0 Å². The Hall–Kier alpha value is -6.86. The average Bonchev–Trinajstić information content (AvgIpc) is 3.90. The normalized spacial score (nSPS) is 16.0. The van der Waals surface area contributed by atoms with Crippen LogP contribution in [0.15, 0.2) is 64.1 Å². The molecule has 0 fully saturated rings. The van der Waals surface area contributed by atoms with E-state index in [4.69, 9.17) is 36.0 Å². The summed E-state index contributed by atoms with van der Waals surface area (Å²) in [5.74, 6) is -2.96. The zero-order valence-corrected chi connectivity index (χ0v) is 24.6. The van der Waals surface area contributed by atoms with E-state index in [0.717, 1.165) is 12.5 Å². The molecule has 6 aromatic heterocycles. The Labute approximate surface area is 265 Å². The first-order valence-electron chi connectivity index (χ1n) is 13.8. The quantitative estimate of drug-likeness (QED) is 0.257. The molecule has 1 aliphatic heterocycles. The van der Waals surface area contributed by atoms with Gasteiger partial charge in [-0.2, -0.15) is 0 Å². The highest BCUT2D eigenvalue weighted by Crippen LogP contribution is 2.28. The van der Waals surface area contributed by atoms with Crippen molar-refractivity contribution < 1.29 is 55.2 Å². The van der Waals surface area contributed by atoms with Crippen LogP contribution in [-0.4, -0.2) is 66.9 Å². The van der Waals surface area contributed by atoms with Gasteiger partial charge in [-0.3, -0.25) is 19.2 Å². The first-order valence-corrected chi connectivity index (χ1v) is 13.8. The van der Waals surface area contributed by atoms with E-state index in [-0.39, 0.29) is 82.7 Å². The molecule has 12 bridgehead atoms. The molecule has 0 aliphatic carbocycles. The Kier molecular flexibility index (Phi) is 7.55. The van der Waals surface area contributed by atoms with Crippen molar-refractivity contribution in [2.75, 3.05) is 13.2 Å². The van der Waals surface area contributed by atoms with Crippen molar-refractivity contribution in [3.63, 3.8) is 0 Å². The van der Waals surface area contributed by atoms with Crippen molar-refractivity contribution in [3.8, 4) is 46.3 Å². The number of esters is 2. The van der Waals surface area contributed by atoms with Crippen molar-refractivity contribution in [2.24, 2.45) is 0 Å². The predicted octanol–water partition coefficient (Wildman–Crippen LogP) is 2.66. The summed E-state index contributed by atoms with van der Waals surface area (Å²) >= 11 is 0. The van der Waals surface area contributed by atoms with Crippen LogP contribution in [0.25, 0.3) is 46.3 Å². The van der Waals surface area contributed by atoms with Gasteiger partial charge < -0.3 is 46.6 Å². The van der Waals surface area contributed by atoms with Gasteiger partial charge in [-0.05, 0) is 0 Å². The van der Waals surface area contributed by atoms with Gasteiger partial charge >= 0.3 is 11.9 Å². The van der Waals surface area contributed by atoms with Gasteiger partial charge in [0.15, 0.2) is 34.2 Å². The number of nitrogens with zero attached hydrogens (tertiary/aromatic N) is 6. The zero-order valence-electron chi connectivity index (χ0n) is 24.6. The molecule has 20 heteroatoms. The maximum atomic E-state index is 13.2. The molecular weight excluding hydrogens is 640 g/mol. The Bertz CT molecular complexity index is 2000. The lowest BCUT2D eigenvalue weighted by atomic mass is 10.3. The summed E-state index contributed by atoms with van der Waals surface area (Å²) in [6.45, 7) is 1.73. The molecule has 0 radical (unpaired) electrons. The number of amides is 2. The monoisotopic (exact) mass is 660 g/mol. The molecule has 7 heterocycles. The molecule has 6 aromatic rings. The maximum Gasteiger partial charge on any atom is 0.302 e. The van der Waals surface area contributed by atoms with Crippen LogP contribution in [0.4, 0.5) is 0 Å². The third-order valence-corrected chi connectivity index (χ3v) is 6.52. The smallest absolute Gasteiger partial charge is 0.302 e. The summed E-state index contributed by atoms with van der Waals surface area (Å²) in [6.07, 6.45) is 7.02. The van der Waals surface area contributed by atoms with Crippen molar-refractivity contribution in [1.29, 1.82) is 0 Å². The number of nitrogens with one attached hydrogen (secondary N) is 2. The minimum atomic E-state index is -1.06. The van der Waals surface area contributed by atoms with Crippen LogP contribution in [0.5, 0.6) is 0 Å². The zero-order chi connectivity index (χ0) is 33.4. The highest BCUT2D eigenvalue weighted by molar-refractivity contribution is 5.93. The number of carbonyl (C=O) groups is 4. The lowest BCUT2D eigenvalue weighted by molar-refractivity contribution is -0.142. The van der Waals surface area contributed by atoms with Crippen LogP contribution in [0.3, 0.4) is 0 Å². The minimum absolute atomic E-state index is 0.0227. The molecule has 48 heavy (non-hydrogen) atoms. The second-order valence-electron chi connectivity index (χ2n) is 9.95. The topological polar surface area (TPSA) is 267 Å². The lowest BCUT2D eigenvalue weighted by Crippen LogP contribution is -2.32. The van der Waals surface area contributed by atoms with Crippen LogP contribution in [0.2, 0.25) is 0 Å². The number of aromatic nitrogens is 6. The number of ether oxygens (including phenoxy) is 2. The van der Waals surface area contributed by atoms with E-state index in [1.54, 1.807) is 0 Å². The van der Waals surface area contributed by atoms with Crippen LogP contribution in [0.1, 0.15) is 58.7 Å². The molecule has 0 spiro atoms. The van der Waals surface area contributed by atoms with Gasteiger partial charge in [0.25, 0.3) is 11.8 Å². The van der Waals surface area contributed by atoms with Crippen molar-refractivity contribution in [3.05, 3.63) is 60.7 Å². The Morgan fingerprint density at radius 3 is 1.23 bits per heavy atom. The number of carbonyl (C=O) groups excluding carboxylic acids is 4. The molecule has 20 nitrogen and oxygen atoms in total. The molecule has 2 atom stereocenters. The van der Waals surface area contributed by atoms with E-state index in [2.05, 4.69) is 40.5 Å². The fourth-order valence-corrected chi connectivity index (χ4v) is 4.28. The van der Waals surface area contributed by atoms with Gasteiger partial charge in [-0.1, -0.05) is 0 Å². The standard InChI is InChI=1S/C28H20N8O12/c1-11(37)41-5-15-23-33-19(9-45-23)27-35-18(7-47-27)26-32-14(4-44-26)22(40)30-16(6-42-12(2)38)24-34-20(10-46-24)28-36-17(8-48-28)25-31-13(3-43-25)21(39)29-15/h3-4,7-10,15-16H,5-6H2,1-2H3,(H,29,39)(H,30,40)/t15-,16-/m0/s1. The van der Waals surface area contributed by atoms with Gasteiger partial charge in [0.05, 0.1) is 0 Å². The predicted molar refractivity (Wildman–Crippen MR) is 149 cm³/mol. The van der Waals surface area contributed by atoms with Gasteiger partial charge in [-0.25, -0.2) is 29.9 Å². The van der Waals surface area contributed by atoms with Crippen LogP contribution in [0, 0.1) is 0 Å². The molecule has 2 amide bonds. The highest BCUT2D eigenvalue weighted by atomic mass is 16.5. The fourth-order valence-electron chi connectivity index (χ4n) is 4.28. The lowest BCUT2D eigenvalue weighted by Gasteiger charge is -2.14. The third-order valence-electron chi connectivity index (χ3n) is 6.52. The molecular formula is C28H20N8O12. The highest BCUT2D eigenvalue weighted by Gasteiger charge is 2.28. The number of hydrogen-bond acceptors (Lipinski definition) is 18. The fraction of sp³-hybridized carbons (Fsp3) is 0.214. The number of hydrogen-bond donors (Lipinski definition) is 2. The molecule has 244 valence electrons. The van der Waals surface area contributed by atoms with E-state index < -0.39 is 35.8 Å². The van der Waals surface area contributed by atoms with Crippen molar-refractivity contribution in [2.45, 2.75) is 25.9 Å². The van der Waals surface area contributed by atoms with Crippen molar-refractivity contribution >= 4 is 23.8 Å². The van der Waals surface area contributed by atoms with E-state index in [0.29, 0.717) is 0 Å². The minimum Gasteiger partial charge on any atom is -0.463 e. The summed E-state index contributed by atoms with van der Waals surface area (Å²) in [7, 11) is 0. The molecule has 0 saturated heterocycles. The first kappa shape index (κ1) is 29.8. The summed E-state index contributed by atoms with van der Waals surface area (Å²) < 4.78 is 43.3. The van der Waals surface area contributed by atoms with E-state index in [1.165, 1.54) is 38.9 Å². The van der Waals surface area contributed by atoms with Crippen LogP contribution < -0.4 is 10.6 Å². The van der Waals surface area contributed by atoms with E-state index in [1.807, 2.05) is 0 Å². The van der Waals surface area contributed by atoms with Crippen LogP contribution >= 0.6 is 0 Å². The first-order chi connectivity index (χ1) is 23.2. The van der Waals surface area contributed by atoms with Gasteiger partial charge in [-0.15, -0.1) is 0 Å². The number of rotatable bonds is 4. The Balaban J connectivity index is 1.26. The maximum absolute atomic E-state index is 13.2. The van der Waals surface area contributed by atoms with Crippen LogP contribution in [-0.2, 0) is 19.1 Å². The van der Waals surface area contributed by atoms with Gasteiger partial charge in [0.2, 0.25) is 35.3 Å². The largest absolute Gasteiger partial charge is 0.463 e. The van der Waals surface area contributed by atoms with Gasteiger partial charge in [0, 0.05) is 13.8 Å². The van der Waals surface area contributed by atoms with Gasteiger partial charge in [0.1, 0.15) is 62.9 Å². The molecule has 1 aliphatic rings. The average molecular weight is 661 g/mol. The summed E-state index contributed by atoms with van der Waals surface area (Å²) in [6, 6.07) is -2.12. The molecule has 0 unspecified atom stereocenters. The summed E-state index contributed by atoms with van der Waals surface area (Å²) in [5, 5.41) is 5.27.